The smallest absolute Gasteiger partial charge is 0.129 e. The van der Waals surface area contributed by atoms with Crippen LogP contribution in [0.4, 0.5) is 4.39 Å². The fourth-order valence-corrected chi connectivity index (χ4v) is 2.44. The minimum absolute atomic E-state index is 0.229. The Hall–Kier alpha value is -0.240. The van der Waals surface area contributed by atoms with Gasteiger partial charge >= 0.3 is 0 Å². The van der Waals surface area contributed by atoms with Crippen molar-refractivity contribution in [3.63, 3.8) is 0 Å². The molecule has 0 aliphatic rings. The zero-order valence-corrected chi connectivity index (χ0v) is 14.2. The number of alkyl halides is 1. The minimum Gasteiger partial charge on any atom is -0.385 e. The molecule has 3 nitrogen and oxygen atoms in total. The van der Waals surface area contributed by atoms with Crippen LogP contribution in [-0.4, -0.2) is 38.0 Å². The van der Waals surface area contributed by atoms with Gasteiger partial charge in [-0.3, -0.25) is 0 Å². The molecule has 0 aromatic heterocycles. The molecule has 0 heterocycles. The van der Waals surface area contributed by atoms with Gasteiger partial charge in [0.05, 0.1) is 13.2 Å². The van der Waals surface area contributed by atoms with Gasteiger partial charge in [0, 0.05) is 30.3 Å². The maximum atomic E-state index is 13.9. The summed E-state index contributed by atoms with van der Waals surface area (Å²) < 4.78 is 30.8. The summed E-state index contributed by atoms with van der Waals surface area (Å²) in [4.78, 5) is 0. The van der Waals surface area contributed by atoms with Crippen LogP contribution in [-0.2, 0) is 19.8 Å². The molecule has 0 saturated carbocycles. The lowest BCUT2D eigenvalue weighted by atomic mass is 9.97. The Morgan fingerprint density at radius 2 is 1.90 bits per heavy atom. The maximum absolute atomic E-state index is 13.9. The van der Waals surface area contributed by atoms with Crippen LogP contribution in [0.1, 0.15) is 18.9 Å². The van der Waals surface area contributed by atoms with Crippen molar-refractivity contribution >= 4 is 22.6 Å². The molecule has 0 amide bonds. The van der Waals surface area contributed by atoms with Crippen LogP contribution in [0.2, 0.25) is 0 Å². The Bertz CT molecular complexity index is 389. The van der Waals surface area contributed by atoms with Crippen molar-refractivity contribution in [2.45, 2.75) is 18.9 Å². The van der Waals surface area contributed by atoms with E-state index in [0.29, 0.717) is 36.4 Å². The minimum atomic E-state index is -0.623. The highest BCUT2D eigenvalue weighted by Crippen LogP contribution is 2.29. The highest BCUT2D eigenvalue weighted by atomic mass is 127. The molecule has 20 heavy (non-hydrogen) atoms. The number of hydrogen-bond donors (Lipinski definition) is 0. The predicted octanol–water partition coefficient (Wildman–Crippen LogP) is 3.55. The summed E-state index contributed by atoms with van der Waals surface area (Å²) in [5.41, 5.74) is -0.0318. The number of rotatable bonds is 10. The van der Waals surface area contributed by atoms with Gasteiger partial charge in [0.25, 0.3) is 0 Å². The van der Waals surface area contributed by atoms with Crippen molar-refractivity contribution in [1.29, 1.82) is 0 Å². The lowest BCUT2D eigenvalue weighted by Gasteiger charge is -2.28. The van der Waals surface area contributed by atoms with Crippen molar-refractivity contribution in [3.05, 3.63) is 35.6 Å². The fourth-order valence-electron chi connectivity index (χ4n) is 1.81. The Balaban J connectivity index is 2.40. The highest BCUT2D eigenvalue weighted by Gasteiger charge is 2.28. The van der Waals surface area contributed by atoms with Crippen LogP contribution in [0.25, 0.3) is 0 Å². The summed E-state index contributed by atoms with van der Waals surface area (Å²) >= 11 is 2.22. The molecule has 1 unspecified atom stereocenters. The lowest BCUT2D eigenvalue weighted by Crippen LogP contribution is -2.30. The molecule has 0 radical (unpaired) electrons. The molecule has 5 heteroatoms. The molecule has 0 fully saturated rings. The molecular formula is C15H22FIO3. The lowest BCUT2D eigenvalue weighted by molar-refractivity contribution is -0.0478. The summed E-state index contributed by atoms with van der Waals surface area (Å²) in [6, 6.07) is 6.75. The van der Waals surface area contributed by atoms with E-state index in [1.54, 1.807) is 19.2 Å². The number of halogens is 2. The van der Waals surface area contributed by atoms with Crippen LogP contribution in [0.3, 0.4) is 0 Å². The van der Waals surface area contributed by atoms with Crippen LogP contribution in [0, 0.1) is 5.82 Å². The van der Waals surface area contributed by atoms with E-state index in [2.05, 4.69) is 22.6 Å². The van der Waals surface area contributed by atoms with Crippen LogP contribution < -0.4 is 0 Å². The van der Waals surface area contributed by atoms with E-state index in [1.807, 2.05) is 13.0 Å². The summed E-state index contributed by atoms with van der Waals surface area (Å²) in [5.74, 6) is -0.229. The van der Waals surface area contributed by atoms with Gasteiger partial charge in [0.1, 0.15) is 11.4 Å². The molecule has 0 aliphatic heterocycles. The molecule has 1 aromatic carbocycles. The van der Waals surface area contributed by atoms with Crippen molar-refractivity contribution in [3.8, 4) is 0 Å². The third-order valence-corrected chi connectivity index (χ3v) is 4.44. The Morgan fingerprint density at radius 1 is 1.15 bits per heavy atom. The first kappa shape index (κ1) is 17.8. The van der Waals surface area contributed by atoms with Crippen LogP contribution in [0.5, 0.6) is 0 Å². The van der Waals surface area contributed by atoms with Gasteiger partial charge in [0.2, 0.25) is 0 Å². The first-order valence-corrected chi connectivity index (χ1v) is 8.18. The average molecular weight is 396 g/mol. The van der Waals surface area contributed by atoms with Crippen molar-refractivity contribution in [2.24, 2.45) is 0 Å². The van der Waals surface area contributed by atoms with Gasteiger partial charge < -0.3 is 14.2 Å². The van der Waals surface area contributed by atoms with Gasteiger partial charge in [-0.25, -0.2) is 4.39 Å². The van der Waals surface area contributed by atoms with E-state index in [4.69, 9.17) is 14.2 Å². The molecule has 1 atom stereocenters. The zero-order chi connectivity index (χ0) is 14.8. The van der Waals surface area contributed by atoms with Crippen LogP contribution >= 0.6 is 22.6 Å². The molecule has 114 valence electrons. The quantitative estimate of drug-likeness (QED) is 0.344. The van der Waals surface area contributed by atoms with Gasteiger partial charge in [-0.15, -0.1) is 0 Å². The number of ether oxygens (including phenoxy) is 3. The van der Waals surface area contributed by atoms with E-state index < -0.39 is 5.60 Å². The second-order valence-electron chi connectivity index (χ2n) is 4.65. The van der Waals surface area contributed by atoms with Crippen molar-refractivity contribution < 1.29 is 18.6 Å². The number of methoxy groups -OCH3 is 1. The molecule has 0 aliphatic carbocycles. The zero-order valence-electron chi connectivity index (χ0n) is 12.0. The number of hydrogen-bond acceptors (Lipinski definition) is 3. The summed E-state index contributed by atoms with van der Waals surface area (Å²) in [6.45, 7) is 4.20. The van der Waals surface area contributed by atoms with Gasteiger partial charge in [-0.2, -0.15) is 0 Å². The first-order valence-electron chi connectivity index (χ1n) is 6.65. The van der Waals surface area contributed by atoms with Gasteiger partial charge in [-0.1, -0.05) is 40.8 Å². The van der Waals surface area contributed by atoms with Gasteiger partial charge in [0.15, 0.2) is 0 Å². The second kappa shape index (κ2) is 9.65. The summed E-state index contributed by atoms with van der Waals surface area (Å²) in [7, 11) is 1.67. The van der Waals surface area contributed by atoms with E-state index >= 15 is 0 Å². The maximum Gasteiger partial charge on any atom is 0.129 e. The first-order chi connectivity index (χ1) is 9.64. The predicted molar refractivity (Wildman–Crippen MR) is 85.9 cm³/mol. The van der Waals surface area contributed by atoms with Crippen molar-refractivity contribution in [1.82, 2.24) is 0 Å². The fraction of sp³-hybridized carbons (Fsp3) is 0.600. The highest BCUT2D eigenvalue weighted by molar-refractivity contribution is 14.1. The van der Waals surface area contributed by atoms with Crippen molar-refractivity contribution in [2.75, 3.05) is 38.0 Å². The Labute approximate surface area is 133 Å². The van der Waals surface area contributed by atoms with Gasteiger partial charge in [-0.05, 0) is 19.4 Å². The molecule has 1 aromatic rings. The Morgan fingerprint density at radius 3 is 2.55 bits per heavy atom. The largest absolute Gasteiger partial charge is 0.385 e. The second-order valence-corrected chi connectivity index (χ2v) is 5.41. The topological polar surface area (TPSA) is 27.7 Å². The normalized spacial score (nSPS) is 14.2. The molecular weight excluding hydrogens is 374 g/mol. The molecule has 0 N–H and O–H groups in total. The summed E-state index contributed by atoms with van der Waals surface area (Å²) in [6.07, 6.45) is 0.868. The average Bonchev–Trinajstić information content (AvgIpc) is 2.46. The molecule has 0 saturated heterocycles. The standard InChI is InChI=1S/C15H22FIO3/c1-15(12-17,13-6-3-4-7-14(13)16)20-11-10-19-9-5-8-18-2/h3-4,6-7H,5,8-12H2,1-2H3. The monoisotopic (exact) mass is 396 g/mol. The van der Waals surface area contributed by atoms with E-state index in [-0.39, 0.29) is 5.82 Å². The molecule has 1 rings (SSSR count). The molecule has 0 spiro atoms. The third kappa shape index (κ3) is 5.63. The number of benzene rings is 1. The third-order valence-electron chi connectivity index (χ3n) is 2.98. The SMILES string of the molecule is COCCCOCCOC(C)(CI)c1ccccc1F. The molecule has 0 bridgehead atoms. The van der Waals surface area contributed by atoms with Crippen LogP contribution in [0.15, 0.2) is 24.3 Å². The van der Waals surface area contributed by atoms with E-state index in [1.165, 1.54) is 6.07 Å². The van der Waals surface area contributed by atoms with E-state index in [0.717, 1.165) is 6.42 Å². The van der Waals surface area contributed by atoms with E-state index in [9.17, 15) is 4.39 Å². The Kier molecular flexibility index (Phi) is 8.60. The summed E-state index contributed by atoms with van der Waals surface area (Å²) in [5, 5.41) is 0.